The Morgan fingerprint density at radius 2 is 1.96 bits per heavy atom. The van der Waals surface area contributed by atoms with Crippen LogP contribution < -0.4 is 0 Å². The predicted octanol–water partition coefficient (Wildman–Crippen LogP) is 2.67. The number of benzene rings is 1. The van der Waals surface area contributed by atoms with Crippen molar-refractivity contribution in [1.29, 1.82) is 0 Å². The number of hydrogen-bond acceptors (Lipinski definition) is 3. The average Bonchev–Trinajstić information content (AvgIpc) is 3.11. The van der Waals surface area contributed by atoms with Gasteiger partial charge in [0, 0.05) is 26.2 Å². The normalized spacial score (nSPS) is 23.5. The second-order valence-electron chi connectivity index (χ2n) is 7.51. The van der Waals surface area contributed by atoms with Crippen molar-refractivity contribution < 1.29 is 9.90 Å². The van der Waals surface area contributed by atoms with Gasteiger partial charge in [0.15, 0.2) is 0 Å². The molecule has 2 fully saturated rings. The SMILES string of the molecule is Cc1ccc(C)c(C(O)CN2CCCC(C(=O)N3CCCC3)C2)c1. The smallest absolute Gasteiger partial charge is 0.226 e. The molecule has 1 N–H and O–H groups in total. The first-order chi connectivity index (χ1) is 11.5. The first-order valence-electron chi connectivity index (χ1n) is 9.31. The average molecular weight is 330 g/mol. The number of piperidine rings is 1. The molecule has 2 aliphatic rings. The molecule has 0 bridgehead atoms. The number of hydrogen-bond donors (Lipinski definition) is 1. The van der Waals surface area contributed by atoms with Crippen molar-refractivity contribution in [2.45, 2.75) is 45.6 Å². The Balaban J connectivity index is 1.60. The first-order valence-corrected chi connectivity index (χ1v) is 9.31. The lowest BCUT2D eigenvalue weighted by Crippen LogP contribution is -2.45. The topological polar surface area (TPSA) is 43.8 Å². The Morgan fingerprint density at radius 3 is 2.71 bits per heavy atom. The number of aliphatic hydroxyl groups is 1. The van der Waals surface area contributed by atoms with Crippen LogP contribution in [0.1, 0.15) is 48.5 Å². The molecule has 132 valence electrons. The molecule has 0 aliphatic carbocycles. The molecule has 4 nitrogen and oxygen atoms in total. The molecule has 0 spiro atoms. The Bertz CT molecular complexity index is 581. The Labute approximate surface area is 145 Å². The first kappa shape index (κ1) is 17.4. The minimum atomic E-state index is -0.481. The van der Waals surface area contributed by atoms with Crippen LogP contribution in [0, 0.1) is 19.8 Å². The van der Waals surface area contributed by atoms with Crippen molar-refractivity contribution in [2.75, 3.05) is 32.7 Å². The van der Waals surface area contributed by atoms with Crippen LogP contribution in [-0.2, 0) is 4.79 Å². The number of β-amino-alcohol motifs (C(OH)–C–C–N with tert-alkyl or cyclic N) is 1. The van der Waals surface area contributed by atoms with E-state index in [0.717, 1.165) is 63.0 Å². The van der Waals surface area contributed by atoms with E-state index in [1.165, 1.54) is 5.56 Å². The second kappa shape index (κ2) is 7.66. The van der Waals surface area contributed by atoms with E-state index >= 15 is 0 Å². The van der Waals surface area contributed by atoms with E-state index in [1.807, 2.05) is 11.8 Å². The molecule has 0 saturated carbocycles. The summed E-state index contributed by atoms with van der Waals surface area (Å²) in [5.41, 5.74) is 3.33. The van der Waals surface area contributed by atoms with Crippen molar-refractivity contribution in [3.05, 3.63) is 34.9 Å². The molecule has 2 aliphatic heterocycles. The molecule has 2 unspecified atom stereocenters. The van der Waals surface area contributed by atoms with E-state index in [-0.39, 0.29) is 5.92 Å². The largest absolute Gasteiger partial charge is 0.387 e. The van der Waals surface area contributed by atoms with Gasteiger partial charge in [0.1, 0.15) is 0 Å². The molecule has 1 aromatic rings. The molecular formula is C20H30N2O2. The minimum Gasteiger partial charge on any atom is -0.387 e. The molecule has 4 heteroatoms. The summed E-state index contributed by atoms with van der Waals surface area (Å²) >= 11 is 0. The highest BCUT2D eigenvalue weighted by Crippen LogP contribution is 2.25. The van der Waals surface area contributed by atoms with Crippen LogP contribution >= 0.6 is 0 Å². The Hall–Kier alpha value is -1.39. The number of carbonyl (C=O) groups excluding carboxylic acids is 1. The van der Waals surface area contributed by atoms with Gasteiger partial charge < -0.3 is 10.0 Å². The van der Waals surface area contributed by atoms with Gasteiger partial charge in [-0.05, 0) is 57.2 Å². The van der Waals surface area contributed by atoms with Crippen LogP contribution in [-0.4, -0.2) is 53.5 Å². The summed E-state index contributed by atoms with van der Waals surface area (Å²) in [4.78, 5) is 16.9. The summed E-state index contributed by atoms with van der Waals surface area (Å²) in [6, 6.07) is 6.23. The van der Waals surface area contributed by atoms with Crippen LogP contribution in [0.3, 0.4) is 0 Å². The van der Waals surface area contributed by atoms with E-state index in [2.05, 4.69) is 30.0 Å². The number of carbonyl (C=O) groups is 1. The lowest BCUT2D eigenvalue weighted by atomic mass is 9.95. The molecular weight excluding hydrogens is 300 g/mol. The summed E-state index contributed by atoms with van der Waals surface area (Å²) in [6.45, 7) is 8.35. The van der Waals surface area contributed by atoms with Crippen molar-refractivity contribution in [3.8, 4) is 0 Å². The molecule has 2 saturated heterocycles. The van der Waals surface area contributed by atoms with Gasteiger partial charge >= 0.3 is 0 Å². The van der Waals surface area contributed by atoms with Crippen molar-refractivity contribution >= 4 is 5.91 Å². The predicted molar refractivity (Wildman–Crippen MR) is 95.9 cm³/mol. The zero-order chi connectivity index (χ0) is 17.1. The summed E-state index contributed by atoms with van der Waals surface area (Å²) in [5, 5.41) is 10.7. The fraction of sp³-hybridized carbons (Fsp3) is 0.650. The molecule has 0 aromatic heterocycles. The van der Waals surface area contributed by atoms with Crippen LogP contribution in [0.5, 0.6) is 0 Å². The number of rotatable bonds is 4. The fourth-order valence-electron chi connectivity index (χ4n) is 4.08. The van der Waals surface area contributed by atoms with Gasteiger partial charge in [-0.3, -0.25) is 9.69 Å². The third-order valence-electron chi connectivity index (χ3n) is 5.50. The van der Waals surface area contributed by atoms with Crippen molar-refractivity contribution in [2.24, 2.45) is 5.92 Å². The highest BCUT2D eigenvalue weighted by Gasteiger charge is 2.31. The summed E-state index contributed by atoms with van der Waals surface area (Å²) < 4.78 is 0. The minimum absolute atomic E-state index is 0.114. The molecule has 1 amide bonds. The standard InChI is InChI=1S/C20H30N2O2/c1-15-7-8-16(2)18(12-15)19(23)14-21-9-5-6-17(13-21)20(24)22-10-3-4-11-22/h7-8,12,17,19,23H,3-6,9-11,13-14H2,1-2H3. The van der Waals surface area contributed by atoms with E-state index in [9.17, 15) is 9.90 Å². The number of aliphatic hydroxyl groups excluding tert-OH is 1. The van der Waals surface area contributed by atoms with Crippen LogP contribution in [0.15, 0.2) is 18.2 Å². The van der Waals surface area contributed by atoms with Gasteiger partial charge in [-0.25, -0.2) is 0 Å². The highest BCUT2D eigenvalue weighted by molar-refractivity contribution is 5.79. The molecule has 0 radical (unpaired) electrons. The third kappa shape index (κ3) is 3.98. The zero-order valence-corrected chi connectivity index (χ0v) is 15.0. The monoisotopic (exact) mass is 330 g/mol. The Morgan fingerprint density at radius 1 is 1.21 bits per heavy atom. The Kier molecular flexibility index (Phi) is 5.57. The number of aryl methyl sites for hydroxylation is 2. The maximum Gasteiger partial charge on any atom is 0.226 e. The maximum atomic E-state index is 12.6. The van der Waals surface area contributed by atoms with Gasteiger partial charge in [0.25, 0.3) is 0 Å². The molecule has 2 atom stereocenters. The van der Waals surface area contributed by atoms with Gasteiger partial charge in [-0.1, -0.05) is 23.8 Å². The zero-order valence-electron chi connectivity index (χ0n) is 15.0. The number of amides is 1. The van der Waals surface area contributed by atoms with Crippen molar-refractivity contribution in [1.82, 2.24) is 9.80 Å². The van der Waals surface area contributed by atoms with Crippen LogP contribution in [0.4, 0.5) is 0 Å². The number of nitrogens with zero attached hydrogens (tertiary/aromatic N) is 2. The van der Waals surface area contributed by atoms with E-state index in [0.29, 0.717) is 12.5 Å². The lowest BCUT2D eigenvalue weighted by molar-refractivity contribution is -0.136. The molecule has 24 heavy (non-hydrogen) atoms. The lowest BCUT2D eigenvalue weighted by Gasteiger charge is -2.35. The highest BCUT2D eigenvalue weighted by atomic mass is 16.3. The molecule has 1 aromatic carbocycles. The number of likely N-dealkylation sites (tertiary alicyclic amines) is 2. The molecule has 2 heterocycles. The summed E-state index contributed by atoms with van der Waals surface area (Å²) in [7, 11) is 0. The second-order valence-corrected chi connectivity index (χ2v) is 7.51. The van der Waals surface area contributed by atoms with Gasteiger partial charge in [0.05, 0.1) is 12.0 Å². The summed E-state index contributed by atoms with van der Waals surface area (Å²) in [5.74, 6) is 0.445. The van der Waals surface area contributed by atoms with Crippen LogP contribution in [0.2, 0.25) is 0 Å². The third-order valence-corrected chi connectivity index (χ3v) is 5.50. The summed E-state index contributed by atoms with van der Waals surface area (Å²) in [6.07, 6.45) is 3.85. The van der Waals surface area contributed by atoms with E-state index in [1.54, 1.807) is 0 Å². The quantitative estimate of drug-likeness (QED) is 0.923. The maximum absolute atomic E-state index is 12.6. The van der Waals surface area contributed by atoms with E-state index in [4.69, 9.17) is 0 Å². The van der Waals surface area contributed by atoms with Gasteiger partial charge in [0.2, 0.25) is 5.91 Å². The van der Waals surface area contributed by atoms with Gasteiger partial charge in [-0.2, -0.15) is 0 Å². The van der Waals surface area contributed by atoms with Gasteiger partial charge in [-0.15, -0.1) is 0 Å². The van der Waals surface area contributed by atoms with E-state index < -0.39 is 6.10 Å². The van der Waals surface area contributed by atoms with Crippen LogP contribution in [0.25, 0.3) is 0 Å². The fourth-order valence-corrected chi connectivity index (χ4v) is 4.08. The van der Waals surface area contributed by atoms with Crippen molar-refractivity contribution in [3.63, 3.8) is 0 Å². The molecule has 3 rings (SSSR count).